The van der Waals surface area contributed by atoms with Crippen molar-refractivity contribution in [1.82, 2.24) is 14.9 Å². The summed E-state index contributed by atoms with van der Waals surface area (Å²) in [5.74, 6) is -0.773. The van der Waals surface area contributed by atoms with Crippen molar-refractivity contribution in [2.75, 3.05) is 6.54 Å². The minimum absolute atomic E-state index is 0.386. The van der Waals surface area contributed by atoms with Gasteiger partial charge in [-0.2, -0.15) is 0 Å². The van der Waals surface area contributed by atoms with E-state index < -0.39 is 0 Å². The standard InChI is InChI=1S/C24H17BrN4O2S/c25-14-6-7-16-18(12-29(20(16)10-14)9-3-8-26-13-32)22-21(23(30)28-24(22)31)17-11-27-19-5-2-1-4-15(17)19/h1-2,4-7,10-12,27H,3,8-9H2,(H,28,30,31). The third-order valence-corrected chi connectivity index (χ3v) is 6.26. The molecule has 0 fully saturated rings. The largest absolute Gasteiger partial charge is 0.361 e. The van der Waals surface area contributed by atoms with Crippen molar-refractivity contribution in [3.8, 4) is 0 Å². The van der Waals surface area contributed by atoms with Gasteiger partial charge < -0.3 is 9.55 Å². The topological polar surface area (TPSA) is 79.2 Å². The van der Waals surface area contributed by atoms with Gasteiger partial charge in [-0.25, -0.2) is 4.99 Å². The Labute approximate surface area is 197 Å². The molecule has 0 unspecified atom stereocenters. The Morgan fingerprint density at radius 2 is 1.81 bits per heavy atom. The van der Waals surface area contributed by atoms with Gasteiger partial charge in [0.2, 0.25) is 0 Å². The van der Waals surface area contributed by atoms with Crippen LogP contribution in [0.15, 0.2) is 64.3 Å². The van der Waals surface area contributed by atoms with E-state index in [2.05, 4.69) is 53.2 Å². The number of thiocarbonyl (C=S) groups is 1. The summed E-state index contributed by atoms with van der Waals surface area (Å²) in [7, 11) is 0. The van der Waals surface area contributed by atoms with E-state index in [0.717, 1.165) is 38.3 Å². The predicted molar refractivity (Wildman–Crippen MR) is 132 cm³/mol. The number of nitrogens with one attached hydrogen (secondary N) is 2. The number of aliphatic imine (C=N–C) groups is 1. The number of aryl methyl sites for hydroxylation is 1. The molecule has 0 radical (unpaired) electrons. The highest BCUT2D eigenvalue weighted by Gasteiger charge is 2.35. The molecule has 0 atom stereocenters. The molecule has 5 rings (SSSR count). The molecule has 1 aliphatic heterocycles. The Balaban J connectivity index is 1.73. The number of imide groups is 1. The fraction of sp³-hybridized carbons (Fsp3) is 0.125. The van der Waals surface area contributed by atoms with Crippen molar-refractivity contribution >= 4 is 78.1 Å². The second-order valence-corrected chi connectivity index (χ2v) is 8.60. The van der Waals surface area contributed by atoms with E-state index in [1.807, 2.05) is 48.7 Å². The van der Waals surface area contributed by atoms with E-state index in [4.69, 9.17) is 0 Å². The van der Waals surface area contributed by atoms with Crippen molar-refractivity contribution in [2.45, 2.75) is 13.0 Å². The lowest BCUT2D eigenvalue weighted by Gasteiger charge is -2.03. The van der Waals surface area contributed by atoms with E-state index in [0.29, 0.717) is 29.8 Å². The zero-order chi connectivity index (χ0) is 22.2. The highest BCUT2D eigenvalue weighted by atomic mass is 79.9. The maximum atomic E-state index is 13.0. The monoisotopic (exact) mass is 504 g/mol. The molecule has 0 aliphatic carbocycles. The summed E-state index contributed by atoms with van der Waals surface area (Å²) in [6.45, 7) is 1.27. The number of carbonyl (C=O) groups excluding carboxylic acids is 2. The van der Waals surface area contributed by atoms with Crippen LogP contribution in [0.4, 0.5) is 0 Å². The van der Waals surface area contributed by atoms with Gasteiger partial charge >= 0.3 is 0 Å². The van der Waals surface area contributed by atoms with Crippen molar-refractivity contribution in [2.24, 2.45) is 4.99 Å². The first-order valence-corrected chi connectivity index (χ1v) is 11.3. The zero-order valence-electron chi connectivity index (χ0n) is 16.8. The molecule has 1 aliphatic rings. The molecule has 4 aromatic rings. The average Bonchev–Trinajstić information content (AvgIpc) is 3.44. The van der Waals surface area contributed by atoms with Crippen LogP contribution in [0.1, 0.15) is 17.5 Å². The van der Waals surface area contributed by atoms with Crippen LogP contribution in [0.25, 0.3) is 33.0 Å². The molecule has 32 heavy (non-hydrogen) atoms. The number of nitrogens with zero attached hydrogens (tertiary/aromatic N) is 2. The summed E-state index contributed by atoms with van der Waals surface area (Å²) in [6, 6.07) is 13.7. The van der Waals surface area contributed by atoms with Crippen LogP contribution in [-0.2, 0) is 16.1 Å². The average molecular weight is 505 g/mol. The Hall–Kier alpha value is -3.32. The van der Waals surface area contributed by atoms with Crippen LogP contribution in [0.5, 0.6) is 0 Å². The predicted octanol–water partition coefficient (Wildman–Crippen LogP) is 4.95. The van der Waals surface area contributed by atoms with Gasteiger partial charge in [-0.05, 0) is 36.8 Å². The summed E-state index contributed by atoms with van der Waals surface area (Å²) in [4.78, 5) is 33.1. The van der Waals surface area contributed by atoms with Gasteiger partial charge in [-0.3, -0.25) is 14.9 Å². The fourth-order valence-electron chi connectivity index (χ4n) is 4.26. The summed E-state index contributed by atoms with van der Waals surface area (Å²) in [5.41, 5.74) is 4.11. The number of H-pyrrole nitrogens is 1. The fourth-order valence-corrected chi connectivity index (χ4v) is 4.70. The summed E-state index contributed by atoms with van der Waals surface area (Å²) in [6.07, 6.45) is 4.51. The molecule has 158 valence electrons. The molecule has 0 spiro atoms. The van der Waals surface area contributed by atoms with E-state index in [9.17, 15) is 9.59 Å². The first kappa shape index (κ1) is 20.6. The Morgan fingerprint density at radius 3 is 2.62 bits per heavy atom. The van der Waals surface area contributed by atoms with E-state index >= 15 is 0 Å². The number of rotatable bonds is 6. The van der Waals surface area contributed by atoms with Crippen LogP contribution in [0, 0.1) is 0 Å². The number of aromatic amines is 1. The SMILES string of the molecule is O=C1NC(=O)C(c2cn(CCCN=C=S)c3cc(Br)ccc23)=C1c1c[nH]c2ccccc12. The third-order valence-electron chi connectivity index (χ3n) is 5.64. The van der Waals surface area contributed by atoms with Crippen molar-refractivity contribution in [1.29, 1.82) is 0 Å². The second-order valence-electron chi connectivity index (χ2n) is 7.51. The van der Waals surface area contributed by atoms with Crippen molar-refractivity contribution < 1.29 is 9.59 Å². The maximum Gasteiger partial charge on any atom is 0.259 e. The van der Waals surface area contributed by atoms with Crippen LogP contribution in [-0.4, -0.2) is 33.1 Å². The lowest BCUT2D eigenvalue weighted by Crippen LogP contribution is -2.22. The number of para-hydroxylation sites is 1. The quantitative estimate of drug-likeness (QED) is 0.169. The number of isothiocyanates is 1. The maximum absolute atomic E-state index is 13.0. The van der Waals surface area contributed by atoms with Crippen LogP contribution in [0.3, 0.4) is 0 Å². The highest BCUT2D eigenvalue weighted by molar-refractivity contribution is 9.10. The Kier molecular flexibility index (Phi) is 5.35. The van der Waals surface area contributed by atoms with Gasteiger partial charge in [0.15, 0.2) is 0 Å². The highest BCUT2D eigenvalue weighted by Crippen LogP contribution is 2.38. The van der Waals surface area contributed by atoms with Gasteiger partial charge in [0.25, 0.3) is 11.8 Å². The second kappa shape index (κ2) is 8.31. The molecule has 3 heterocycles. The summed E-state index contributed by atoms with van der Waals surface area (Å²) >= 11 is 8.19. The first-order valence-electron chi connectivity index (χ1n) is 10.1. The number of fused-ring (bicyclic) bond motifs is 2. The van der Waals surface area contributed by atoms with E-state index in [1.165, 1.54) is 0 Å². The van der Waals surface area contributed by atoms with Crippen LogP contribution < -0.4 is 5.32 Å². The zero-order valence-corrected chi connectivity index (χ0v) is 19.2. The number of benzene rings is 2. The van der Waals surface area contributed by atoms with E-state index in [-0.39, 0.29) is 11.8 Å². The van der Waals surface area contributed by atoms with Gasteiger partial charge in [-0.1, -0.05) is 40.2 Å². The number of carbonyl (C=O) groups is 2. The lowest BCUT2D eigenvalue weighted by atomic mass is 9.95. The van der Waals surface area contributed by atoms with Gasteiger partial charge in [-0.15, -0.1) is 0 Å². The minimum Gasteiger partial charge on any atom is -0.361 e. The molecular weight excluding hydrogens is 488 g/mol. The van der Waals surface area contributed by atoms with Crippen molar-refractivity contribution in [3.63, 3.8) is 0 Å². The molecule has 0 saturated carbocycles. The van der Waals surface area contributed by atoms with Gasteiger partial charge in [0.1, 0.15) is 0 Å². The van der Waals surface area contributed by atoms with Crippen LogP contribution in [0.2, 0.25) is 0 Å². The number of amides is 2. The number of hydrogen-bond donors (Lipinski definition) is 2. The van der Waals surface area contributed by atoms with Gasteiger partial charge in [0, 0.05) is 56.3 Å². The minimum atomic E-state index is -0.387. The van der Waals surface area contributed by atoms with Crippen LogP contribution >= 0.6 is 28.1 Å². The Morgan fingerprint density at radius 1 is 1.03 bits per heavy atom. The molecule has 0 saturated heterocycles. The molecule has 2 amide bonds. The smallest absolute Gasteiger partial charge is 0.259 e. The lowest BCUT2D eigenvalue weighted by molar-refractivity contribution is -0.122. The molecular formula is C24H17BrN4O2S. The number of halogens is 1. The molecule has 2 N–H and O–H groups in total. The normalized spacial score (nSPS) is 13.8. The van der Waals surface area contributed by atoms with Gasteiger partial charge in [0.05, 0.1) is 22.9 Å². The Bertz CT molecular complexity index is 1490. The van der Waals surface area contributed by atoms with Crippen molar-refractivity contribution in [3.05, 3.63) is 70.5 Å². The third kappa shape index (κ3) is 3.42. The molecule has 8 heteroatoms. The number of aromatic nitrogens is 2. The molecule has 6 nitrogen and oxygen atoms in total. The molecule has 2 aromatic heterocycles. The molecule has 2 aromatic carbocycles. The van der Waals surface area contributed by atoms with E-state index in [1.54, 1.807) is 6.20 Å². The molecule has 0 bridgehead atoms. The first-order chi connectivity index (χ1) is 15.6. The summed E-state index contributed by atoms with van der Waals surface area (Å²) < 4.78 is 3.02. The number of hydrogen-bond acceptors (Lipinski definition) is 4. The summed E-state index contributed by atoms with van der Waals surface area (Å²) in [5, 5.41) is 6.69.